The first-order valence-corrected chi connectivity index (χ1v) is 7.13. The summed E-state index contributed by atoms with van der Waals surface area (Å²) in [7, 11) is 0. The van der Waals surface area contributed by atoms with E-state index in [1.807, 2.05) is 0 Å². The molecule has 3 rings (SSSR count). The molecule has 2 saturated carbocycles. The van der Waals surface area contributed by atoms with Crippen LogP contribution in [0.25, 0.3) is 0 Å². The van der Waals surface area contributed by atoms with Crippen LogP contribution in [0, 0.1) is 11.8 Å². The molecule has 92 valence electrons. The third kappa shape index (κ3) is 3.10. The molecule has 1 nitrogen and oxygen atoms in total. The van der Waals surface area contributed by atoms with Crippen molar-refractivity contribution in [1.29, 1.82) is 0 Å². The van der Waals surface area contributed by atoms with E-state index in [-0.39, 0.29) is 0 Å². The Kier molecular flexibility index (Phi) is 3.19. The van der Waals surface area contributed by atoms with E-state index in [2.05, 4.69) is 42.6 Å². The van der Waals surface area contributed by atoms with Crippen LogP contribution in [0.5, 0.6) is 0 Å². The summed E-state index contributed by atoms with van der Waals surface area (Å²) in [5, 5.41) is 3.89. The highest BCUT2D eigenvalue weighted by Crippen LogP contribution is 2.44. The summed E-state index contributed by atoms with van der Waals surface area (Å²) in [6, 6.07) is 12.3. The van der Waals surface area contributed by atoms with Crippen molar-refractivity contribution in [3.8, 4) is 0 Å². The lowest BCUT2D eigenvalue weighted by molar-refractivity contribution is 0.371. The van der Waals surface area contributed by atoms with Gasteiger partial charge in [0.1, 0.15) is 0 Å². The van der Waals surface area contributed by atoms with Crippen molar-refractivity contribution in [3.05, 3.63) is 35.9 Å². The van der Waals surface area contributed by atoms with Gasteiger partial charge in [0, 0.05) is 12.1 Å². The molecule has 1 heteroatoms. The molecule has 0 amide bonds. The molecule has 1 atom stereocenters. The van der Waals surface area contributed by atoms with Gasteiger partial charge < -0.3 is 5.32 Å². The van der Waals surface area contributed by atoms with Crippen molar-refractivity contribution < 1.29 is 0 Å². The van der Waals surface area contributed by atoms with Crippen molar-refractivity contribution in [2.45, 2.75) is 51.1 Å². The monoisotopic (exact) mass is 229 g/mol. The van der Waals surface area contributed by atoms with E-state index in [0.717, 1.165) is 24.3 Å². The fourth-order valence-electron chi connectivity index (χ4n) is 2.92. The maximum atomic E-state index is 3.89. The Morgan fingerprint density at radius 1 is 1.06 bits per heavy atom. The molecule has 0 heterocycles. The largest absolute Gasteiger partial charge is 0.311 e. The Balaban J connectivity index is 1.53. The molecule has 0 saturated heterocycles. The van der Waals surface area contributed by atoms with Crippen molar-refractivity contribution in [3.63, 3.8) is 0 Å². The maximum absolute atomic E-state index is 3.89. The number of nitrogens with one attached hydrogen (secondary N) is 1. The second-order valence-corrected chi connectivity index (χ2v) is 5.96. The van der Waals surface area contributed by atoms with Crippen LogP contribution in [0.3, 0.4) is 0 Å². The highest BCUT2D eigenvalue weighted by molar-refractivity contribution is 5.15. The molecule has 0 radical (unpaired) electrons. The summed E-state index contributed by atoms with van der Waals surface area (Å²) < 4.78 is 0. The molecule has 17 heavy (non-hydrogen) atoms. The zero-order chi connectivity index (χ0) is 11.7. The third-order valence-electron chi connectivity index (χ3n) is 4.12. The molecular formula is C16H23N. The molecule has 0 aromatic heterocycles. The van der Waals surface area contributed by atoms with Crippen LogP contribution in [-0.4, -0.2) is 12.1 Å². The number of rotatable bonds is 6. The molecule has 0 spiro atoms. The van der Waals surface area contributed by atoms with E-state index >= 15 is 0 Å². The quantitative estimate of drug-likeness (QED) is 0.788. The molecule has 0 bridgehead atoms. The predicted octanol–water partition coefficient (Wildman–Crippen LogP) is 3.40. The highest BCUT2D eigenvalue weighted by Gasteiger charge is 2.41. The lowest BCUT2D eigenvalue weighted by Gasteiger charge is -2.23. The minimum Gasteiger partial charge on any atom is -0.311 e. The van der Waals surface area contributed by atoms with Crippen LogP contribution >= 0.6 is 0 Å². The fourth-order valence-corrected chi connectivity index (χ4v) is 2.92. The van der Waals surface area contributed by atoms with Gasteiger partial charge in [-0.05, 0) is 56.4 Å². The van der Waals surface area contributed by atoms with Crippen molar-refractivity contribution >= 4 is 0 Å². The Morgan fingerprint density at radius 2 is 1.65 bits per heavy atom. The number of benzene rings is 1. The Labute approximate surface area is 105 Å². The van der Waals surface area contributed by atoms with Crippen LogP contribution in [0.15, 0.2) is 30.3 Å². The van der Waals surface area contributed by atoms with E-state index < -0.39 is 0 Å². The molecule has 2 aliphatic carbocycles. The summed E-state index contributed by atoms with van der Waals surface area (Å²) in [6.07, 6.45) is 7.02. The van der Waals surface area contributed by atoms with Crippen molar-refractivity contribution in [2.75, 3.05) is 0 Å². The van der Waals surface area contributed by atoms with Gasteiger partial charge in [-0.15, -0.1) is 0 Å². The predicted molar refractivity (Wildman–Crippen MR) is 72.0 cm³/mol. The highest BCUT2D eigenvalue weighted by atomic mass is 15.0. The van der Waals surface area contributed by atoms with E-state index in [4.69, 9.17) is 0 Å². The third-order valence-corrected chi connectivity index (χ3v) is 4.12. The van der Waals surface area contributed by atoms with Crippen LogP contribution in [0.1, 0.15) is 38.2 Å². The van der Waals surface area contributed by atoms with Gasteiger partial charge in [0.15, 0.2) is 0 Å². The Morgan fingerprint density at radius 3 is 2.18 bits per heavy atom. The summed E-state index contributed by atoms with van der Waals surface area (Å²) in [5.41, 5.74) is 1.46. The molecule has 1 aromatic carbocycles. The van der Waals surface area contributed by atoms with Crippen LogP contribution < -0.4 is 5.32 Å². The first kappa shape index (κ1) is 11.3. The fraction of sp³-hybridized carbons (Fsp3) is 0.625. The summed E-state index contributed by atoms with van der Waals surface area (Å²) in [5.74, 6) is 2.00. The SMILES string of the molecule is CC(Cc1ccccc1)NC(C1CC1)C1CC1. The summed E-state index contributed by atoms with van der Waals surface area (Å²) in [4.78, 5) is 0. The smallest absolute Gasteiger partial charge is 0.0126 e. The second-order valence-electron chi connectivity index (χ2n) is 5.96. The van der Waals surface area contributed by atoms with E-state index in [9.17, 15) is 0 Å². The molecule has 2 aliphatic rings. The van der Waals surface area contributed by atoms with Gasteiger partial charge in [0.2, 0.25) is 0 Å². The normalized spacial score (nSPS) is 21.8. The van der Waals surface area contributed by atoms with Gasteiger partial charge in [-0.3, -0.25) is 0 Å². The molecule has 1 aromatic rings. The first-order chi connectivity index (χ1) is 8.33. The average Bonchev–Trinajstić information content (AvgIpc) is 3.19. The second kappa shape index (κ2) is 4.81. The molecule has 1 unspecified atom stereocenters. The Hall–Kier alpha value is -0.820. The molecule has 0 aliphatic heterocycles. The van der Waals surface area contributed by atoms with Crippen molar-refractivity contribution in [2.24, 2.45) is 11.8 Å². The topological polar surface area (TPSA) is 12.0 Å². The van der Waals surface area contributed by atoms with Gasteiger partial charge >= 0.3 is 0 Å². The maximum Gasteiger partial charge on any atom is 0.0126 e. The lowest BCUT2D eigenvalue weighted by Crippen LogP contribution is -2.40. The number of hydrogen-bond donors (Lipinski definition) is 1. The first-order valence-electron chi connectivity index (χ1n) is 7.13. The van der Waals surface area contributed by atoms with Gasteiger partial charge in [-0.1, -0.05) is 30.3 Å². The van der Waals surface area contributed by atoms with E-state index in [0.29, 0.717) is 6.04 Å². The lowest BCUT2D eigenvalue weighted by atomic mass is 10.0. The zero-order valence-corrected chi connectivity index (χ0v) is 10.7. The van der Waals surface area contributed by atoms with Crippen LogP contribution in [0.2, 0.25) is 0 Å². The van der Waals surface area contributed by atoms with Crippen molar-refractivity contribution in [1.82, 2.24) is 5.32 Å². The standard InChI is InChI=1S/C16H23N/c1-12(11-13-5-3-2-4-6-13)17-16(14-7-8-14)15-9-10-15/h2-6,12,14-17H,7-11H2,1H3. The van der Waals surface area contributed by atoms with Gasteiger partial charge in [0.25, 0.3) is 0 Å². The summed E-state index contributed by atoms with van der Waals surface area (Å²) >= 11 is 0. The molecule has 1 N–H and O–H groups in total. The number of hydrogen-bond acceptors (Lipinski definition) is 1. The van der Waals surface area contributed by atoms with Crippen LogP contribution in [0.4, 0.5) is 0 Å². The Bertz CT molecular complexity index is 339. The van der Waals surface area contributed by atoms with Gasteiger partial charge in [-0.25, -0.2) is 0 Å². The summed E-state index contributed by atoms with van der Waals surface area (Å²) in [6.45, 7) is 2.34. The van der Waals surface area contributed by atoms with Gasteiger partial charge in [-0.2, -0.15) is 0 Å². The molecular weight excluding hydrogens is 206 g/mol. The minimum atomic E-state index is 0.614. The average molecular weight is 229 g/mol. The van der Waals surface area contributed by atoms with E-state index in [1.165, 1.54) is 31.2 Å². The van der Waals surface area contributed by atoms with Gasteiger partial charge in [0.05, 0.1) is 0 Å². The zero-order valence-electron chi connectivity index (χ0n) is 10.7. The van der Waals surface area contributed by atoms with E-state index in [1.54, 1.807) is 0 Å². The van der Waals surface area contributed by atoms with Crippen LogP contribution in [-0.2, 0) is 6.42 Å². The minimum absolute atomic E-state index is 0.614. The molecule has 2 fully saturated rings.